The highest BCUT2D eigenvalue weighted by Gasteiger charge is 2.36. The second-order valence-electron chi connectivity index (χ2n) is 7.25. The number of hydrogen-bond acceptors (Lipinski definition) is 4. The van der Waals surface area contributed by atoms with E-state index in [-0.39, 0.29) is 0 Å². The Bertz CT molecular complexity index is 801. The van der Waals surface area contributed by atoms with E-state index in [2.05, 4.69) is 37.2 Å². The Hall–Kier alpha value is -2.60. The van der Waals surface area contributed by atoms with Crippen LogP contribution in [-0.4, -0.2) is 60.7 Å². The molecule has 1 saturated heterocycles. The normalized spacial score (nSPS) is 22.7. The molecule has 6 nitrogen and oxygen atoms in total. The van der Waals surface area contributed by atoms with E-state index in [4.69, 9.17) is 0 Å². The number of anilines is 1. The minimum atomic E-state index is -0.817. The van der Waals surface area contributed by atoms with Gasteiger partial charge in [-0.2, -0.15) is 0 Å². The van der Waals surface area contributed by atoms with Crippen molar-refractivity contribution in [2.75, 3.05) is 44.7 Å². The third-order valence-electron chi connectivity index (χ3n) is 5.63. The molecule has 1 fully saturated rings. The zero-order chi connectivity index (χ0) is 18.7. The molecule has 2 aliphatic rings. The molecular formula is C21H27N5O. The first-order valence-corrected chi connectivity index (χ1v) is 9.62. The van der Waals surface area contributed by atoms with E-state index in [0.29, 0.717) is 6.54 Å². The molecular weight excluding hydrogens is 338 g/mol. The van der Waals surface area contributed by atoms with Crippen LogP contribution in [0.25, 0.3) is 0 Å². The first-order valence-electron chi connectivity index (χ1n) is 9.62. The summed E-state index contributed by atoms with van der Waals surface area (Å²) in [5.74, 6) is 1.88. The number of benzene rings is 1. The van der Waals surface area contributed by atoms with Crippen molar-refractivity contribution < 1.29 is 5.11 Å². The SMILES string of the molecule is CN=C(NCC1(O)CCc2ccccc21)N1CCN(c2ccccn2)CC1. The van der Waals surface area contributed by atoms with Gasteiger partial charge in [-0.05, 0) is 36.1 Å². The van der Waals surface area contributed by atoms with Gasteiger partial charge in [0.2, 0.25) is 0 Å². The van der Waals surface area contributed by atoms with Gasteiger partial charge in [0, 0.05) is 39.4 Å². The van der Waals surface area contributed by atoms with Crippen molar-refractivity contribution >= 4 is 11.8 Å². The maximum atomic E-state index is 11.1. The lowest BCUT2D eigenvalue weighted by Gasteiger charge is -2.37. The lowest BCUT2D eigenvalue weighted by Crippen LogP contribution is -2.54. The molecule has 27 heavy (non-hydrogen) atoms. The predicted octanol–water partition coefficient (Wildman–Crippen LogP) is 1.61. The van der Waals surface area contributed by atoms with Gasteiger partial charge in [0.25, 0.3) is 0 Å². The molecule has 2 heterocycles. The topological polar surface area (TPSA) is 64.0 Å². The largest absolute Gasteiger partial charge is 0.383 e. The van der Waals surface area contributed by atoms with Gasteiger partial charge in [-0.25, -0.2) is 4.98 Å². The molecule has 1 aromatic heterocycles. The highest BCUT2D eigenvalue weighted by atomic mass is 16.3. The molecule has 6 heteroatoms. The van der Waals surface area contributed by atoms with Gasteiger partial charge in [0.15, 0.2) is 5.96 Å². The third-order valence-corrected chi connectivity index (χ3v) is 5.63. The van der Waals surface area contributed by atoms with Crippen LogP contribution in [0.15, 0.2) is 53.7 Å². The highest BCUT2D eigenvalue weighted by molar-refractivity contribution is 5.80. The van der Waals surface area contributed by atoms with Gasteiger partial charge in [-0.1, -0.05) is 30.3 Å². The second-order valence-corrected chi connectivity index (χ2v) is 7.25. The number of aliphatic imine (C=N–C) groups is 1. The van der Waals surface area contributed by atoms with Crippen LogP contribution >= 0.6 is 0 Å². The number of hydrogen-bond donors (Lipinski definition) is 2. The number of aryl methyl sites for hydroxylation is 1. The van der Waals surface area contributed by atoms with Gasteiger partial charge >= 0.3 is 0 Å². The molecule has 4 rings (SSSR count). The summed E-state index contributed by atoms with van der Waals surface area (Å²) < 4.78 is 0. The van der Waals surface area contributed by atoms with Gasteiger partial charge < -0.3 is 20.2 Å². The summed E-state index contributed by atoms with van der Waals surface area (Å²) in [6.45, 7) is 4.06. The smallest absolute Gasteiger partial charge is 0.193 e. The molecule has 0 bridgehead atoms. The monoisotopic (exact) mass is 365 g/mol. The van der Waals surface area contributed by atoms with Crippen LogP contribution in [0.3, 0.4) is 0 Å². The van der Waals surface area contributed by atoms with Crippen molar-refractivity contribution in [3.05, 3.63) is 59.8 Å². The summed E-state index contributed by atoms with van der Waals surface area (Å²) in [5, 5.41) is 14.5. The van der Waals surface area contributed by atoms with Crippen molar-refractivity contribution in [1.82, 2.24) is 15.2 Å². The number of fused-ring (bicyclic) bond motifs is 1. The summed E-state index contributed by atoms with van der Waals surface area (Å²) in [6, 6.07) is 14.2. The van der Waals surface area contributed by atoms with Crippen molar-refractivity contribution in [1.29, 1.82) is 0 Å². The van der Waals surface area contributed by atoms with Crippen LogP contribution in [0.2, 0.25) is 0 Å². The summed E-state index contributed by atoms with van der Waals surface area (Å²) in [5.41, 5.74) is 1.48. The van der Waals surface area contributed by atoms with E-state index in [1.807, 2.05) is 36.5 Å². The van der Waals surface area contributed by atoms with E-state index in [1.165, 1.54) is 5.56 Å². The minimum absolute atomic E-state index is 0.483. The van der Waals surface area contributed by atoms with Crippen molar-refractivity contribution in [2.45, 2.75) is 18.4 Å². The summed E-state index contributed by atoms with van der Waals surface area (Å²) in [7, 11) is 1.81. The summed E-state index contributed by atoms with van der Waals surface area (Å²) in [6.07, 6.45) is 3.52. The van der Waals surface area contributed by atoms with Crippen LogP contribution in [0.4, 0.5) is 5.82 Å². The second kappa shape index (κ2) is 7.56. The first kappa shape index (κ1) is 17.8. The predicted molar refractivity (Wildman–Crippen MR) is 108 cm³/mol. The van der Waals surface area contributed by atoms with Gasteiger partial charge in [0.05, 0.1) is 6.54 Å². The van der Waals surface area contributed by atoms with Crippen LogP contribution < -0.4 is 10.2 Å². The lowest BCUT2D eigenvalue weighted by molar-refractivity contribution is 0.0425. The van der Waals surface area contributed by atoms with Gasteiger partial charge in [0.1, 0.15) is 11.4 Å². The molecule has 142 valence electrons. The maximum absolute atomic E-state index is 11.1. The Balaban J connectivity index is 1.36. The Labute approximate surface area is 160 Å². The van der Waals surface area contributed by atoms with Gasteiger partial charge in [-0.3, -0.25) is 4.99 Å². The Morgan fingerprint density at radius 2 is 1.93 bits per heavy atom. The molecule has 1 aromatic carbocycles. The fourth-order valence-electron chi connectivity index (χ4n) is 4.10. The van der Waals surface area contributed by atoms with E-state index in [0.717, 1.165) is 56.4 Å². The number of aromatic nitrogens is 1. The fraction of sp³-hybridized carbons (Fsp3) is 0.429. The Morgan fingerprint density at radius 1 is 1.15 bits per heavy atom. The van der Waals surface area contributed by atoms with Crippen LogP contribution in [-0.2, 0) is 12.0 Å². The Kier molecular flexibility index (Phi) is 4.99. The Morgan fingerprint density at radius 3 is 2.67 bits per heavy atom. The van der Waals surface area contributed by atoms with E-state index >= 15 is 0 Å². The van der Waals surface area contributed by atoms with Gasteiger partial charge in [-0.15, -0.1) is 0 Å². The molecule has 1 unspecified atom stereocenters. The summed E-state index contributed by atoms with van der Waals surface area (Å²) >= 11 is 0. The average molecular weight is 365 g/mol. The molecule has 1 atom stereocenters. The number of piperazine rings is 1. The number of guanidine groups is 1. The molecule has 2 N–H and O–H groups in total. The highest BCUT2D eigenvalue weighted by Crippen LogP contribution is 2.36. The van der Waals surface area contributed by atoms with Crippen LogP contribution in [0, 0.1) is 0 Å². The van der Waals surface area contributed by atoms with Crippen molar-refractivity contribution in [3.8, 4) is 0 Å². The molecule has 0 spiro atoms. The number of aliphatic hydroxyl groups is 1. The molecule has 1 aliphatic carbocycles. The van der Waals surface area contributed by atoms with Crippen molar-refractivity contribution in [2.24, 2.45) is 4.99 Å². The van der Waals surface area contributed by atoms with E-state index in [1.54, 1.807) is 7.05 Å². The third kappa shape index (κ3) is 3.62. The zero-order valence-corrected chi connectivity index (χ0v) is 15.8. The fourth-order valence-corrected chi connectivity index (χ4v) is 4.10. The van der Waals surface area contributed by atoms with E-state index in [9.17, 15) is 5.11 Å². The summed E-state index contributed by atoms with van der Waals surface area (Å²) in [4.78, 5) is 13.4. The lowest BCUT2D eigenvalue weighted by atomic mass is 9.96. The average Bonchev–Trinajstić information content (AvgIpc) is 3.07. The van der Waals surface area contributed by atoms with Crippen LogP contribution in [0.1, 0.15) is 17.5 Å². The molecule has 2 aromatic rings. The quantitative estimate of drug-likeness (QED) is 0.639. The number of rotatable bonds is 3. The molecule has 0 saturated carbocycles. The number of nitrogens with zero attached hydrogens (tertiary/aromatic N) is 4. The first-order chi connectivity index (χ1) is 13.2. The zero-order valence-electron chi connectivity index (χ0n) is 15.8. The number of nitrogens with one attached hydrogen (secondary N) is 1. The number of pyridine rings is 1. The van der Waals surface area contributed by atoms with E-state index < -0.39 is 5.60 Å². The minimum Gasteiger partial charge on any atom is -0.383 e. The van der Waals surface area contributed by atoms with Crippen molar-refractivity contribution in [3.63, 3.8) is 0 Å². The molecule has 1 aliphatic heterocycles. The maximum Gasteiger partial charge on any atom is 0.193 e. The standard InChI is InChI=1S/C21H27N5O/c1-22-20(24-16-21(27)10-9-17-6-2-3-7-18(17)21)26-14-12-25(13-15-26)19-8-4-5-11-23-19/h2-8,11,27H,9-10,12-16H2,1H3,(H,22,24). The molecule has 0 radical (unpaired) electrons. The van der Waals surface area contributed by atoms with Crippen LogP contribution in [0.5, 0.6) is 0 Å². The molecule has 0 amide bonds.